The average molecular weight is 409 g/mol. The Labute approximate surface area is 171 Å². The van der Waals surface area contributed by atoms with E-state index in [1.54, 1.807) is 36.4 Å². The SMILES string of the molecule is Cc1ccc(C(=O)c2ccccc2C(=O)OCC(=O)Nc2cc(F)cc(F)c2)cc1. The normalized spacial score (nSPS) is 10.4. The van der Waals surface area contributed by atoms with Gasteiger partial charge in [-0.05, 0) is 25.1 Å². The zero-order chi connectivity index (χ0) is 21.7. The lowest BCUT2D eigenvalue weighted by Crippen LogP contribution is -2.22. The molecule has 30 heavy (non-hydrogen) atoms. The van der Waals surface area contributed by atoms with Crippen LogP contribution in [-0.4, -0.2) is 24.3 Å². The van der Waals surface area contributed by atoms with Gasteiger partial charge in [0.05, 0.1) is 5.56 Å². The van der Waals surface area contributed by atoms with Gasteiger partial charge in [0.15, 0.2) is 12.4 Å². The molecule has 3 aromatic rings. The Bertz CT molecular complexity index is 1090. The van der Waals surface area contributed by atoms with Gasteiger partial charge in [-0.1, -0.05) is 48.0 Å². The van der Waals surface area contributed by atoms with Crippen molar-refractivity contribution in [3.63, 3.8) is 0 Å². The maximum Gasteiger partial charge on any atom is 0.339 e. The molecule has 1 amide bonds. The number of rotatable bonds is 6. The van der Waals surface area contributed by atoms with E-state index in [1.165, 1.54) is 12.1 Å². The Morgan fingerprint density at radius 1 is 0.867 bits per heavy atom. The van der Waals surface area contributed by atoms with Crippen LogP contribution in [0, 0.1) is 18.6 Å². The third-order valence-electron chi connectivity index (χ3n) is 4.19. The van der Waals surface area contributed by atoms with Crippen LogP contribution >= 0.6 is 0 Å². The van der Waals surface area contributed by atoms with Crippen LogP contribution in [0.1, 0.15) is 31.8 Å². The van der Waals surface area contributed by atoms with Gasteiger partial charge >= 0.3 is 5.97 Å². The number of ketones is 1. The number of esters is 1. The zero-order valence-corrected chi connectivity index (χ0v) is 15.9. The van der Waals surface area contributed by atoms with E-state index in [1.807, 2.05) is 6.92 Å². The molecule has 3 rings (SSSR count). The van der Waals surface area contributed by atoms with Gasteiger partial charge < -0.3 is 10.1 Å². The third kappa shape index (κ3) is 5.14. The fraction of sp³-hybridized carbons (Fsp3) is 0.0870. The van der Waals surface area contributed by atoms with Crippen LogP contribution in [0.4, 0.5) is 14.5 Å². The van der Waals surface area contributed by atoms with Gasteiger partial charge in [0, 0.05) is 22.9 Å². The molecule has 0 saturated heterocycles. The van der Waals surface area contributed by atoms with E-state index in [4.69, 9.17) is 4.74 Å². The van der Waals surface area contributed by atoms with Crippen LogP contribution in [0.15, 0.2) is 66.7 Å². The molecule has 0 saturated carbocycles. The molecule has 0 radical (unpaired) electrons. The number of nitrogens with one attached hydrogen (secondary N) is 1. The van der Waals surface area contributed by atoms with Crippen molar-refractivity contribution in [2.45, 2.75) is 6.92 Å². The quantitative estimate of drug-likeness (QED) is 0.487. The smallest absolute Gasteiger partial charge is 0.339 e. The molecule has 1 N–H and O–H groups in total. The molecule has 0 spiro atoms. The highest BCUT2D eigenvalue weighted by Crippen LogP contribution is 2.17. The van der Waals surface area contributed by atoms with Crippen LogP contribution in [-0.2, 0) is 9.53 Å². The molecule has 0 unspecified atom stereocenters. The molecule has 0 aliphatic carbocycles. The summed E-state index contributed by atoms with van der Waals surface area (Å²) in [7, 11) is 0. The molecule has 0 aliphatic heterocycles. The molecule has 0 fully saturated rings. The van der Waals surface area contributed by atoms with Crippen molar-refractivity contribution in [3.8, 4) is 0 Å². The molecular formula is C23H17F2NO4. The van der Waals surface area contributed by atoms with Crippen molar-refractivity contribution < 1.29 is 27.9 Å². The number of ether oxygens (including phenoxy) is 1. The van der Waals surface area contributed by atoms with Gasteiger partial charge in [0.25, 0.3) is 5.91 Å². The Morgan fingerprint density at radius 2 is 1.47 bits per heavy atom. The number of carbonyl (C=O) groups is 3. The van der Waals surface area contributed by atoms with Crippen LogP contribution < -0.4 is 5.32 Å². The van der Waals surface area contributed by atoms with Crippen LogP contribution in [0.5, 0.6) is 0 Å². The highest BCUT2D eigenvalue weighted by atomic mass is 19.1. The van der Waals surface area contributed by atoms with Crippen molar-refractivity contribution in [1.82, 2.24) is 0 Å². The lowest BCUT2D eigenvalue weighted by molar-refractivity contribution is -0.119. The first-order valence-corrected chi connectivity index (χ1v) is 8.97. The minimum atomic E-state index is -0.869. The van der Waals surface area contributed by atoms with Crippen molar-refractivity contribution in [1.29, 1.82) is 0 Å². The first-order chi connectivity index (χ1) is 14.3. The number of amides is 1. The summed E-state index contributed by atoms with van der Waals surface area (Å²) in [5.41, 5.74) is 1.44. The van der Waals surface area contributed by atoms with E-state index in [9.17, 15) is 23.2 Å². The Hall–Kier alpha value is -3.87. The summed E-state index contributed by atoms with van der Waals surface area (Å²) < 4.78 is 31.4. The molecule has 0 bridgehead atoms. The zero-order valence-electron chi connectivity index (χ0n) is 15.9. The van der Waals surface area contributed by atoms with E-state index < -0.39 is 30.1 Å². The number of anilines is 1. The number of aryl methyl sites for hydroxylation is 1. The van der Waals surface area contributed by atoms with E-state index in [-0.39, 0.29) is 22.6 Å². The average Bonchev–Trinajstić information content (AvgIpc) is 2.71. The summed E-state index contributed by atoms with van der Waals surface area (Å²) in [5, 5.41) is 2.24. The van der Waals surface area contributed by atoms with Crippen LogP contribution in [0.25, 0.3) is 0 Å². The second kappa shape index (κ2) is 9.09. The number of hydrogen-bond donors (Lipinski definition) is 1. The minimum absolute atomic E-state index is 0.00711. The molecule has 7 heteroatoms. The highest BCUT2D eigenvalue weighted by Gasteiger charge is 2.20. The molecule has 0 aromatic heterocycles. The number of carbonyl (C=O) groups excluding carboxylic acids is 3. The second-order valence-electron chi connectivity index (χ2n) is 6.52. The predicted molar refractivity (Wildman–Crippen MR) is 106 cm³/mol. The molecule has 0 atom stereocenters. The van der Waals surface area contributed by atoms with E-state index in [0.717, 1.165) is 17.7 Å². The molecule has 0 heterocycles. The van der Waals surface area contributed by atoms with Gasteiger partial charge in [0.2, 0.25) is 0 Å². The Balaban J connectivity index is 1.69. The predicted octanol–water partition coefficient (Wildman–Crippen LogP) is 4.30. The third-order valence-corrected chi connectivity index (χ3v) is 4.19. The van der Waals surface area contributed by atoms with Crippen molar-refractivity contribution in [2.24, 2.45) is 0 Å². The van der Waals surface area contributed by atoms with Gasteiger partial charge in [-0.2, -0.15) is 0 Å². The van der Waals surface area contributed by atoms with Crippen molar-refractivity contribution in [3.05, 3.63) is 101 Å². The van der Waals surface area contributed by atoms with Gasteiger partial charge in [-0.15, -0.1) is 0 Å². The first kappa shape index (κ1) is 20.9. The fourth-order valence-electron chi connectivity index (χ4n) is 2.75. The molecule has 3 aromatic carbocycles. The monoisotopic (exact) mass is 409 g/mol. The molecular weight excluding hydrogens is 392 g/mol. The highest BCUT2D eigenvalue weighted by molar-refractivity contribution is 6.14. The lowest BCUT2D eigenvalue weighted by Gasteiger charge is -2.10. The van der Waals surface area contributed by atoms with Crippen molar-refractivity contribution >= 4 is 23.3 Å². The summed E-state index contributed by atoms with van der Waals surface area (Å²) in [4.78, 5) is 37.2. The summed E-state index contributed by atoms with van der Waals surface area (Å²) >= 11 is 0. The summed E-state index contributed by atoms with van der Waals surface area (Å²) in [5.74, 6) is -3.72. The van der Waals surface area contributed by atoms with Gasteiger partial charge in [-0.3, -0.25) is 9.59 Å². The molecule has 5 nitrogen and oxygen atoms in total. The maximum absolute atomic E-state index is 13.2. The van der Waals surface area contributed by atoms with E-state index in [0.29, 0.717) is 11.6 Å². The number of hydrogen-bond acceptors (Lipinski definition) is 4. The van der Waals surface area contributed by atoms with Crippen molar-refractivity contribution in [2.75, 3.05) is 11.9 Å². The number of halogens is 2. The number of benzene rings is 3. The summed E-state index contributed by atoms with van der Waals surface area (Å²) in [6.45, 7) is 1.20. The Morgan fingerprint density at radius 3 is 2.10 bits per heavy atom. The van der Waals surface area contributed by atoms with E-state index in [2.05, 4.69) is 5.32 Å². The first-order valence-electron chi connectivity index (χ1n) is 8.97. The lowest BCUT2D eigenvalue weighted by atomic mass is 9.98. The summed E-state index contributed by atoms with van der Waals surface area (Å²) in [6.07, 6.45) is 0. The van der Waals surface area contributed by atoms with Gasteiger partial charge in [-0.25, -0.2) is 13.6 Å². The molecule has 0 aliphatic rings. The minimum Gasteiger partial charge on any atom is -0.452 e. The van der Waals surface area contributed by atoms with E-state index >= 15 is 0 Å². The van der Waals surface area contributed by atoms with Crippen LogP contribution in [0.2, 0.25) is 0 Å². The fourth-order valence-corrected chi connectivity index (χ4v) is 2.75. The maximum atomic E-state index is 13.2. The Kier molecular flexibility index (Phi) is 6.32. The van der Waals surface area contributed by atoms with Crippen LogP contribution in [0.3, 0.4) is 0 Å². The summed E-state index contributed by atoms with van der Waals surface area (Å²) in [6, 6.07) is 15.5. The second-order valence-corrected chi connectivity index (χ2v) is 6.52. The van der Waals surface area contributed by atoms with Gasteiger partial charge in [0.1, 0.15) is 11.6 Å². The topological polar surface area (TPSA) is 72.5 Å². The standard InChI is InChI=1S/C23H17F2NO4/c1-14-6-8-15(9-7-14)22(28)19-4-2-3-5-20(19)23(29)30-13-21(27)26-18-11-16(24)10-17(25)12-18/h2-12H,13H2,1H3,(H,26,27). The largest absolute Gasteiger partial charge is 0.452 e. The molecule has 152 valence electrons.